The van der Waals surface area contributed by atoms with Crippen molar-refractivity contribution >= 4 is 23.3 Å². The van der Waals surface area contributed by atoms with Crippen LogP contribution in [0.3, 0.4) is 0 Å². The number of carbonyl (C=O) groups is 2. The summed E-state index contributed by atoms with van der Waals surface area (Å²) in [5.74, 6) is -4.10. The summed E-state index contributed by atoms with van der Waals surface area (Å²) in [4.78, 5) is 23.1. The Balaban J connectivity index is 2.40. The summed E-state index contributed by atoms with van der Waals surface area (Å²) in [5, 5.41) is -1.87. The van der Waals surface area contributed by atoms with Gasteiger partial charge in [0.05, 0.1) is 7.11 Å². The minimum Gasteiger partial charge on any atom is -0.494 e. The Hall–Kier alpha value is -1.57. The predicted octanol–water partition coefficient (Wildman–Crippen LogP) is 2.76. The van der Waals surface area contributed by atoms with Crippen molar-refractivity contribution in [1.29, 1.82) is 0 Å². The number of ether oxygens (including phenoxy) is 1. The fraction of sp³-hybridized carbons (Fsp3) is 0.333. The number of hydrogen-bond acceptors (Lipinski definition) is 4. The zero-order valence-electron chi connectivity index (χ0n) is 10.1. The van der Waals surface area contributed by atoms with Crippen molar-refractivity contribution in [1.82, 2.24) is 0 Å². The minimum atomic E-state index is -5.09. The van der Waals surface area contributed by atoms with Gasteiger partial charge in [0.15, 0.2) is 17.3 Å². The van der Waals surface area contributed by atoms with Crippen molar-refractivity contribution in [2.24, 2.45) is 0 Å². The molecular formula is C12H8F4O3S. The largest absolute Gasteiger partial charge is 0.494 e. The summed E-state index contributed by atoms with van der Waals surface area (Å²) in [6.45, 7) is 0. The molecular weight excluding hydrogens is 300 g/mol. The summed E-state index contributed by atoms with van der Waals surface area (Å²) in [6.07, 6.45) is -5.09. The quantitative estimate of drug-likeness (QED) is 0.622. The molecule has 0 amide bonds. The summed E-state index contributed by atoms with van der Waals surface area (Å²) in [5.41, 5.74) is 0.147. The van der Waals surface area contributed by atoms with Gasteiger partial charge >= 0.3 is 6.18 Å². The fourth-order valence-electron chi connectivity index (χ4n) is 1.83. The number of benzene rings is 1. The number of hydrogen-bond donors (Lipinski definition) is 0. The van der Waals surface area contributed by atoms with Crippen molar-refractivity contribution < 1.29 is 31.9 Å². The molecule has 0 fully saturated rings. The maximum atomic E-state index is 13.5. The molecule has 1 heterocycles. The summed E-state index contributed by atoms with van der Waals surface area (Å²) in [6, 6.07) is 2.07. The first-order valence-corrected chi connectivity index (χ1v) is 6.44. The van der Waals surface area contributed by atoms with Gasteiger partial charge in [0.25, 0.3) is 5.78 Å². The Labute approximate surface area is 115 Å². The third kappa shape index (κ3) is 2.52. The monoisotopic (exact) mass is 308 g/mol. The summed E-state index contributed by atoms with van der Waals surface area (Å²) in [7, 11) is 1.23. The maximum absolute atomic E-state index is 13.5. The van der Waals surface area contributed by atoms with Gasteiger partial charge in [-0.15, -0.1) is 11.8 Å². The molecule has 1 atom stereocenters. The summed E-state index contributed by atoms with van der Waals surface area (Å²) < 4.78 is 55.4. The van der Waals surface area contributed by atoms with Gasteiger partial charge in [-0.1, -0.05) is 0 Å². The Morgan fingerprint density at radius 1 is 1.40 bits per heavy atom. The van der Waals surface area contributed by atoms with Crippen LogP contribution in [0.2, 0.25) is 0 Å². The third-order valence-electron chi connectivity index (χ3n) is 2.80. The van der Waals surface area contributed by atoms with E-state index in [9.17, 15) is 27.2 Å². The first-order chi connectivity index (χ1) is 9.25. The van der Waals surface area contributed by atoms with E-state index in [0.717, 1.165) is 6.07 Å². The molecule has 0 N–H and O–H groups in total. The third-order valence-corrected chi connectivity index (χ3v) is 4.04. The number of ketones is 2. The molecule has 1 aromatic carbocycles. The van der Waals surface area contributed by atoms with Crippen molar-refractivity contribution in [3.8, 4) is 5.75 Å². The molecule has 1 aromatic rings. The number of thioether (sulfide) groups is 1. The number of carbonyl (C=O) groups excluding carboxylic acids is 2. The van der Waals surface area contributed by atoms with Crippen LogP contribution in [0.1, 0.15) is 15.9 Å². The smallest absolute Gasteiger partial charge is 0.451 e. The van der Waals surface area contributed by atoms with Gasteiger partial charge in [0.1, 0.15) is 5.25 Å². The van der Waals surface area contributed by atoms with Crippen LogP contribution in [-0.4, -0.2) is 30.1 Å². The fourth-order valence-corrected chi connectivity index (χ4v) is 2.98. The molecule has 3 nitrogen and oxygen atoms in total. The number of alkyl halides is 3. The molecule has 20 heavy (non-hydrogen) atoms. The molecule has 0 radical (unpaired) electrons. The van der Waals surface area contributed by atoms with Crippen molar-refractivity contribution in [2.75, 3.05) is 7.11 Å². The Morgan fingerprint density at radius 2 is 2.05 bits per heavy atom. The predicted molar refractivity (Wildman–Crippen MR) is 63.4 cm³/mol. The zero-order chi connectivity index (χ0) is 15.1. The van der Waals surface area contributed by atoms with Gasteiger partial charge in [-0.3, -0.25) is 9.59 Å². The van der Waals surface area contributed by atoms with Crippen molar-refractivity contribution in [3.63, 3.8) is 0 Å². The molecule has 1 aliphatic heterocycles. The molecule has 108 valence electrons. The lowest BCUT2D eigenvalue weighted by atomic mass is 9.99. The van der Waals surface area contributed by atoms with E-state index in [4.69, 9.17) is 4.74 Å². The van der Waals surface area contributed by atoms with Crippen LogP contribution in [0.5, 0.6) is 5.75 Å². The van der Waals surface area contributed by atoms with Gasteiger partial charge < -0.3 is 4.74 Å². The van der Waals surface area contributed by atoms with Crippen LogP contribution < -0.4 is 4.74 Å². The molecule has 0 bridgehead atoms. The number of fused-ring (bicyclic) bond motifs is 1. The topological polar surface area (TPSA) is 43.4 Å². The van der Waals surface area contributed by atoms with Gasteiger partial charge in [0, 0.05) is 11.3 Å². The standard InChI is InChI=1S/C12H8F4O3S/c1-19-8-2-5-4-20-10(11(18)12(14,15)16)9(17)6(5)3-7(8)13/h2-3,10H,4H2,1H3. The number of Topliss-reactive ketones (excluding diaryl/α,β-unsaturated/α-hetero) is 2. The normalized spacial score (nSPS) is 18.6. The van der Waals surface area contributed by atoms with Gasteiger partial charge in [-0.2, -0.15) is 13.2 Å². The Kier molecular flexibility index (Phi) is 3.77. The zero-order valence-corrected chi connectivity index (χ0v) is 10.9. The van der Waals surface area contributed by atoms with Gasteiger partial charge in [0.2, 0.25) is 0 Å². The lowest BCUT2D eigenvalue weighted by Crippen LogP contribution is -2.39. The lowest BCUT2D eigenvalue weighted by molar-refractivity contribution is -0.169. The molecule has 8 heteroatoms. The number of methoxy groups -OCH3 is 1. The minimum absolute atomic E-state index is 0.00417. The van der Waals surface area contributed by atoms with E-state index in [1.54, 1.807) is 0 Å². The van der Waals surface area contributed by atoms with Crippen molar-refractivity contribution in [3.05, 3.63) is 29.1 Å². The lowest BCUT2D eigenvalue weighted by Gasteiger charge is -2.23. The SMILES string of the molecule is COc1cc2c(cc1F)C(=O)C(C(=O)C(F)(F)F)SC2. The molecule has 0 aromatic heterocycles. The molecule has 2 rings (SSSR count). The Bertz CT molecular complexity index is 583. The van der Waals surface area contributed by atoms with E-state index in [1.165, 1.54) is 13.2 Å². The van der Waals surface area contributed by atoms with Crippen LogP contribution in [-0.2, 0) is 10.5 Å². The molecule has 0 aliphatic carbocycles. The van der Waals surface area contributed by atoms with Crippen LogP contribution in [0, 0.1) is 5.82 Å². The van der Waals surface area contributed by atoms with Crippen LogP contribution in [0.25, 0.3) is 0 Å². The van der Waals surface area contributed by atoms with Crippen molar-refractivity contribution in [2.45, 2.75) is 17.2 Å². The molecule has 0 saturated heterocycles. The van der Waals surface area contributed by atoms with E-state index >= 15 is 0 Å². The molecule has 0 saturated carbocycles. The van der Waals surface area contributed by atoms with E-state index in [0.29, 0.717) is 17.3 Å². The molecule has 1 unspecified atom stereocenters. The average molecular weight is 308 g/mol. The number of halogens is 4. The molecule has 0 spiro atoms. The average Bonchev–Trinajstić information content (AvgIpc) is 2.37. The highest BCUT2D eigenvalue weighted by molar-refractivity contribution is 8.00. The summed E-state index contributed by atoms with van der Waals surface area (Å²) >= 11 is 0.577. The van der Waals surface area contributed by atoms with Crippen LogP contribution in [0.15, 0.2) is 12.1 Å². The van der Waals surface area contributed by atoms with E-state index in [2.05, 4.69) is 0 Å². The highest BCUT2D eigenvalue weighted by Gasteiger charge is 2.48. The highest BCUT2D eigenvalue weighted by Crippen LogP contribution is 2.36. The van der Waals surface area contributed by atoms with E-state index < -0.39 is 28.8 Å². The first kappa shape index (κ1) is 14.8. The highest BCUT2D eigenvalue weighted by atomic mass is 32.2. The van der Waals surface area contributed by atoms with E-state index in [1.807, 2.05) is 0 Å². The second kappa shape index (κ2) is 5.08. The molecule has 1 aliphatic rings. The second-order valence-corrected chi connectivity index (χ2v) is 5.15. The first-order valence-electron chi connectivity index (χ1n) is 5.39. The maximum Gasteiger partial charge on any atom is 0.451 e. The number of rotatable bonds is 2. The van der Waals surface area contributed by atoms with Gasteiger partial charge in [-0.25, -0.2) is 4.39 Å². The van der Waals surface area contributed by atoms with Crippen LogP contribution >= 0.6 is 11.8 Å². The Morgan fingerprint density at radius 3 is 2.60 bits per heavy atom. The van der Waals surface area contributed by atoms with Gasteiger partial charge in [-0.05, 0) is 17.7 Å². The van der Waals surface area contributed by atoms with Crippen LogP contribution in [0.4, 0.5) is 17.6 Å². The van der Waals surface area contributed by atoms with E-state index in [-0.39, 0.29) is 17.1 Å². The second-order valence-electron chi connectivity index (χ2n) is 4.06.